The number of halogens is 1. The van der Waals surface area contributed by atoms with Gasteiger partial charge in [-0.25, -0.2) is 0 Å². The fraction of sp³-hybridized carbons (Fsp3) is 0.320. The van der Waals surface area contributed by atoms with Crippen LogP contribution in [-0.4, -0.2) is 74.0 Å². The maximum atomic E-state index is 13.4. The molecule has 2 aromatic heterocycles. The Morgan fingerprint density at radius 1 is 0.925 bits per heavy atom. The first kappa shape index (κ1) is 45.3. The predicted molar refractivity (Wildman–Crippen MR) is 255 cm³/mol. The van der Waals surface area contributed by atoms with Crippen molar-refractivity contribution in [3.63, 3.8) is 0 Å². The van der Waals surface area contributed by atoms with Crippen LogP contribution >= 0.6 is 22.9 Å². The number of fused-ring (bicyclic) bond motifs is 5. The second-order valence-corrected chi connectivity index (χ2v) is 18.7. The van der Waals surface area contributed by atoms with Gasteiger partial charge in [-0.05, 0) is 88.4 Å². The third-order valence-corrected chi connectivity index (χ3v) is 14.0. The van der Waals surface area contributed by atoms with E-state index in [1.54, 1.807) is 29.5 Å². The van der Waals surface area contributed by atoms with Crippen molar-refractivity contribution >= 4 is 80.2 Å². The summed E-state index contributed by atoms with van der Waals surface area (Å²) in [6.07, 6.45) is 2.97. The number of benzene rings is 4. The average molecular weight is 939 g/mol. The number of carbonyl (C=O) groups is 5. The van der Waals surface area contributed by atoms with E-state index in [1.165, 1.54) is 9.78 Å². The van der Waals surface area contributed by atoms with Crippen LogP contribution in [0.2, 0.25) is 5.02 Å². The van der Waals surface area contributed by atoms with Crippen molar-refractivity contribution in [2.24, 2.45) is 15.2 Å². The number of aliphatic imine (C=N–C) groups is 1. The molecule has 2 N–H and O–H groups in total. The second kappa shape index (κ2) is 19.1. The normalized spacial score (nSPS) is 16.7. The summed E-state index contributed by atoms with van der Waals surface area (Å²) >= 11 is 7.91. The van der Waals surface area contributed by atoms with Crippen LogP contribution in [0.5, 0.6) is 5.75 Å². The van der Waals surface area contributed by atoms with Crippen molar-refractivity contribution < 1.29 is 28.7 Å². The molecule has 4 amide bonds. The number of azo groups is 1. The zero-order valence-corrected chi connectivity index (χ0v) is 39.1. The summed E-state index contributed by atoms with van der Waals surface area (Å²) in [4.78, 5) is 72.0. The lowest BCUT2D eigenvalue weighted by molar-refractivity contribution is -0.137. The fourth-order valence-corrected chi connectivity index (χ4v) is 10.3. The topological polar surface area (TPSA) is 190 Å². The molecule has 17 heteroatoms. The molecule has 342 valence electrons. The number of nitrogens with zero attached hydrogens (tertiary/aromatic N) is 7. The van der Waals surface area contributed by atoms with E-state index >= 15 is 0 Å². The maximum Gasteiger partial charge on any atom is 0.255 e. The molecule has 3 aliphatic heterocycles. The molecule has 2 unspecified atom stereocenters. The summed E-state index contributed by atoms with van der Waals surface area (Å²) in [6.45, 7) is 8.54. The van der Waals surface area contributed by atoms with E-state index in [0.29, 0.717) is 64.9 Å². The van der Waals surface area contributed by atoms with Gasteiger partial charge in [-0.2, -0.15) is 5.11 Å². The Balaban J connectivity index is 0.780. The number of amides is 4. The van der Waals surface area contributed by atoms with Crippen LogP contribution in [0.4, 0.5) is 11.4 Å². The van der Waals surface area contributed by atoms with Gasteiger partial charge < -0.3 is 15.0 Å². The zero-order chi connectivity index (χ0) is 46.9. The zero-order valence-electron chi connectivity index (χ0n) is 37.5. The van der Waals surface area contributed by atoms with Crippen molar-refractivity contribution in [1.82, 2.24) is 30.3 Å². The number of aromatic nitrogens is 3. The number of hydrogen-bond donors (Lipinski definition) is 2. The smallest absolute Gasteiger partial charge is 0.255 e. The number of ketones is 1. The molecule has 3 aliphatic rings. The second-order valence-electron chi connectivity index (χ2n) is 17.1. The van der Waals surface area contributed by atoms with Crippen LogP contribution in [0.15, 0.2) is 88.0 Å². The van der Waals surface area contributed by atoms with E-state index in [9.17, 15) is 24.0 Å². The molecule has 1 fully saturated rings. The number of unbranched alkanes of at least 4 members (excludes halogenated alkanes) is 2. The fourth-order valence-electron chi connectivity index (χ4n) is 8.97. The molecular weight excluding hydrogens is 890 g/mol. The standard InChI is InChI=1S/C50H48ClN9O6S/c1-27-23-39(57-56-38-15-10-14-36-37(38)25-59(49(36)65)41-20-21-42(62)54-48(41)64)34-12-7-8-13-35(34)46(27)66-26-33(61)11-6-5-9-22-52-43(63)24-40-47-58-55-30(4)60(47)50-44(28(2)29(3)67-50)45(53-40)31-16-18-32(51)19-17-31/h7-8,10,12-19,23,40-41H,5-6,9,11,20-22,24-26H2,1-4H3,(H,52,63)(H,54,62,64). The molecule has 1 saturated heterocycles. The van der Waals surface area contributed by atoms with Crippen molar-refractivity contribution in [2.45, 2.75) is 91.3 Å². The minimum absolute atomic E-state index is 0.0313. The molecule has 0 aliphatic carbocycles. The number of imide groups is 1. The van der Waals surface area contributed by atoms with Crippen molar-refractivity contribution in [1.29, 1.82) is 0 Å². The molecule has 9 rings (SSSR count). The first-order valence-electron chi connectivity index (χ1n) is 22.3. The quantitative estimate of drug-likeness (QED) is 0.0579. The number of carbonyl (C=O) groups excluding carboxylic acids is 5. The van der Waals surface area contributed by atoms with Gasteiger partial charge in [-0.15, -0.1) is 26.6 Å². The highest BCUT2D eigenvalue weighted by molar-refractivity contribution is 7.15. The Labute approximate surface area is 395 Å². The molecule has 0 saturated carbocycles. The highest BCUT2D eigenvalue weighted by Gasteiger charge is 2.40. The molecule has 67 heavy (non-hydrogen) atoms. The van der Waals surface area contributed by atoms with Crippen molar-refractivity contribution in [3.05, 3.63) is 128 Å². The van der Waals surface area contributed by atoms with E-state index in [4.69, 9.17) is 21.3 Å². The number of ether oxygens (including phenoxy) is 1. The number of thiophene rings is 1. The molecule has 6 aromatic rings. The van der Waals surface area contributed by atoms with Crippen LogP contribution in [-0.2, 0) is 25.7 Å². The van der Waals surface area contributed by atoms with Gasteiger partial charge in [-0.1, -0.05) is 60.5 Å². The minimum Gasteiger partial charge on any atom is -0.485 e. The molecule has 15 nitrogen and oxygen atoms in total. The Bertz CT molecular complexity index is 3050. The lowest BCUT2D eigenvalue weighted by Gasteiger charge is -2.29. The van der Waals surface area contributed by atoms with Crippen LogP contribution < -0.4 is 15.4 Å². The van der Waals surface area contributed by atoms with Gasteiger partial charge in [0.15, 0.2) is 11.6 Å². The van der Waals surface area contributed by atoms with Gasteiger partial charge in [0.2, 0.25) is 17.7 Å². The van der Waals surface area contributed by atoms with Gasteiger partial charge in [0.25, 0.3) is 5.91 Å². The van der Waals surface area contributed by atoms with Crippen LogP contribution in [0, 0.1) is 27.7 Å². The summed E-state index contributed by atoms with van der Waals surface area (Å²) in [6, 6.07) is 21.0. The van der Waals surface area contributed by atoms with Crippen LogP contribution in [0.1, 0.15) is 106 Å². The summed E-state index contributed by atoms with van der Waals surface area (Å²) in [5.41, 5.74) is 6.83. The van der Waals surface area contributed by atoms with E-state index in [-0.39, 0.29) is 55.9 Å². The van der Waals surface area contributed by atoms with Gasteiger partial charge >= 0.3 is 0 Å². The number of aryl methyl sites for hydroxylation is 3. The third-order valence-electron chi connectivity index (χ3n) is 12.5. The number of piperidine rings is 1. The lowest BCUT2D eigenvalue weighted by Crippen LogP contribution is -2.52. The average Bonchev–Trinajstić information content (AvgIpc) is 3.93. The number of nitrogens with one attached hydrogen (secondary N) is 2. The highest BCUT2D eigenvalue weighted by atomic mass is 35.5. The summed E-state index contributed by atoms with van der Waals surface area (Å²) in [7, 11) is 0. The van der Waals surface area contributed by atoms with Crippen LogP contribution in [0.3, 0.4) is 0 Å². The number of rotatable bonds is 15. The molecule has 0 bridgehead atoms. The number of hydrogen-bond acceptors (Lipinski definition) is 12. The summed E-state index contributed by atoms with van der Waals surface area (Å²) < 4.78 is 8.20. The molecule has 2 atom stereocenters. The Kier molecular flexibility index (Phi) is 12.9. The Morgan fingerprint density at radius 2 is 1.70 bits per heavy atom. The molecular formula is C50H48ClN9O6S. The monoisotopic (exact) mass is 937 g/mol. The van der Waals surface area contributed by atoms with Gasteiger partial charge in [0, 0.05) is 68.9 Å². The largest absolute Gasteiger partial charge is 0.485 e. The van der Waals surface area contributed by atoms with E-state index in [1.807, 2.05) is 73.0 Å². The van der Waals surface area contributed by atoms with Crippen LogP contribution in [0.25, 0.3) is 15.8 Å². The van der Waals surface area contributed by atoms with Crippen molar-refractivity contribution in [2.75, 3.05) is 13.2 Å². The highest BCUT2D eigenvalue weighted by Crippen LogP contribution is 2.41. The predicted octanol–water partition coefficient (Wildman–Crippen LogP) is 9.15. The first-order valence-corrected chi connectivity index (χ1v) is 23.5. The SMILES string of the molecule is Cc1cc(N=Nc2cccc3c2CN(C2CCC(=O)NC2=O)C3=O)c2ccccc2c1OCC(=O)CCCCCNC(=O)CC1N=C(c2ccc(Cl)cc2)c2c(sc(C)c2C)-n2c(C)nnc21. The lowest BCUT2D eigenvalue weighted by atomic mass is 9.99. The van der Waals surface area contributed by atoms with E-state index in [0.717, 1.165) is 56.0 Å². The maximum absolute atomic E-state index is 13.4. The molecule has 0 radical (unpaired) electrons. The molecule has 5 heterocycles. The third kappa shape index (κ3) is 9.15. The van der Waals surface area contributed by atoms with Gasteiger partial charge in [0.05, 0.1) is 23.5 Å². The Morgan fingerprint density at radius 3 is 2.49 bits per heavy atom. The van der Waals surface area contributed by atoms with Gasteiger partial charge in [-0.3, -0.25) is 38.8 Å². The van der Waals surface area contributed by atoms with Crippen molar-refractivity contribution in [3.8, 4) is 10.8 Å². The minimum atomic E-state index is -0.732. The van der Waals surface area contributed by atoms with Gasteiger partial charge in [0.1, 0.15) is 35.3 Å². The summed E-state index contributed by atoms with van der Waals surface area (Å²) in [5.74, 6) is 0.667. The first-order chi connectivity index (χ1) is 32.4. The van der Waals surface area contributed by atoms with E-state index in [2.05, 4.69) is 44.9 Å². The number of Topliss-reactive ketones (excluding diaryl/α,β-unsaturated/α-hetero) is 1. The summed E-state index contributed by atoms with van der Waals surface area (Å²) in [5, 5.41) is 26.7. The molecule has 4 aromatic carbocycles. The Hall–Kier alpha value is -6.91. The molecule has 0 spiro atoms. The van der Waals surface area contributed by atoms with E-state index < -0.39 is 18.0 Å².